The van der Waals surface area contributed by atoms with E-state index < -0.39 is 0 Å². The third-order valence-corrected chi connectivity index (χ3v) is 3.96. The lowest BCUT2D eigenvalue weighted by Crippen LogP contribution is -2.29. The molecule has 1 atom stereocenters. The van der Waals surface area contributed by atoms with Crippen LogP contribution in [-0.4, -0.2) is 24.7 Å². The Hall–Kier alpha value is -1.37. The zero-order valence-corrected chi connectivity index (χ0v) is 12.0. The quantitative estimate of drug-likeness (QED) is 0.922. The number of carbonyl (C=O) groups excluding carboxylic acids is 1. The summed E-state index contributed by atoms with van der Waals surface area (Å²) in [5.74, 6) is 0.258. The van der Waals surface area contributed by atoms with Crippen molar-refractivity contribution in [3.05, 3.63) is 38.9 Å². The second-order valence-corrected chi connectivity index (χ2v) is 5.62. The van der Waals surface area contributed by atoms with Crippen LogP contribution in [-0.2, 0) is 4.74 Å². The van der Waals surface area contributed by atoms with Crippen molar-refractivity contribution in [3.63, 3.8) is 0 Å². The van der Waals surface area contributed by atoms with Crippen LogP contribution in [0.5, 0.6) is 0 Å². The van der Waals surface area contributed by atoms with Crippen LogP contribution in [0.4, 0.5) is 0 Å². The number of nitrogens with one attached hydrogen (secondary N) is 1. The molecule has 19 heavy (non-hydrogen) atoms. The molecule has 0 bridgehead atoms. The fourth-order valence-electron chi connectivity index (χ4n) is 1.60. The Balaban J connectivity index is 1.97. The molecule has 0 spiro atoms. The van der Waals surface area contributed by atoms with Crippen molar-refractivity contribution < 1.29 is 14.1 Å². The minimum absolute atomic E-state index is 0.221. The van der Waals surface area contributed by atoms with Crippen LogP contribution in [0.25, 0.3) is 0 Å². The summed E-state index contributed by atoms with van der Waals surface area (Å²) in [6.07, 6.45) is 1.18. The summed E-state index contributed by atoms with van der Waals surface area (Å²) in [7, 11) is 1.59. The first-order valence-corrected chi connectivity index (χ1v) is 6.78. The fraction of sp³-hybridized carbons (Fsp3) is 0.333. The number of aromatic nitrogens is 1. The summed E-state index contributed by atoms with van der Waals surface area (Å²) in [5.41, 5.74) is 0.430. The van der Waals surface area contributed by atoms with Crippen molar-refractivity contribution in [2.24, 2.45) is 0 Å². The van der Waals surface area contributed by atoms with Crippen molar-refractivity contribution in [1.29, 1.82) is 0 Å². The van der Waals surface area contributed by atoms with Crippen molar-refractivity contribution >= 4 is 28.8 Å². The van der Waals surface area contributed by atoms with E-state index in [9.17, 15) is 4.79 Å². The summed E-state index contributed by atoms with van der Waals surface area (Å²) in [5, 5.41) is 6.35. The average molecular weight is 301 g/mol. The van der Waals surface area contributed by atoms with E-state index >= 15 is 0 Å². The monoisotopic (exact) mass is 300 g/mol. The molecule has 0 aromatic carbocycles. The maximum absolute atomic E-state index is 11.9. The number of hydrogen-bond acceptors (Lipinski definition) is 5. The van der Waals surface area contributed by atoms with Gasteiger partial charge < -0.3 is 14.6 Å². The third kappa shape index (κ3) is 3.34. The highest BCUT2D eigenvalue weighted by molar-refractivity contribution is 7.16. The van der Waals surface area contributed by atoms with Gasteiger partial charge in [-0.15, -0.1) is 11.3 Å². The van der Waals surface area contributed by atoms with E-state index in [0.717, 1.165) is 4.88 Å². The van der Waals surface area contributed by atoms with Crippen LogP contribution in [0, 0.1) is 6.92 Å². The molecule has 7 heteroatoms. The molecule has 0 radical (unpaired) electrons. The van der Waals surface area contributed by atoms with Crippen LogP contribution < -0.4 is 5.32 Å². The Labute approximate surface area is 119 Å². The molecule has 2 aromatic heterocycles. The zero-order valence-electron chi connectivity index (χ0n) is 10.5. The number of nitrogens with zero attached hydrogens (tertiary/aromatic N) is 1. The smallest absolute Gasteiger partial charge is 0.256 e. The molecule has 0 aliphatic carbocycles. The van der Waals surface area contributed by atoms with Crippen LogP contribution in [0.3, 0.4) is 0 Å². The van der Waals surface area contributed by atoms with Crippen molar-refractivity contribution in [1.82, 2.24) is 10.5 Å². The van der Waals surface area contributed by atoms with Crippen LogP contribution in [0.2, 0.25) is 4.34 Å². The summed E-state index contributed by atoms with van der Waals surface area (Å²) in [6, 6.07) is 3.69. The molecule has 5 nitrogen and oxygen atoms in total. The number of thiophene rings is 1. The molecule has 0 saturated heterocycles. The van der Waals surface area contributed by atoms with E-state index in [0.29, 0.717) is 22.2 Å². The van der Waals surface area contributed by atoms with E-state index in [2.05, 4.69) is 10.5 Å². The van der Waals surface area contributed by atoms with Gasteiger partial charge in [0.1, 0.15) is 17.4 Å². The van der Waals surface area contributed by atoms with E-state index in [1.807, 2.05) is 6.07 Å². The highest BCUT2D eigenvalue weighted by Crippen LogP contribution is 2.28. The summed E-state index contributed by atoms with van der Waals surface area (Å²) >= 11 is 7.31. The second kappa shape index (κ2) is 6.18. The summed E-state index contributed by atoms with van der Waals surface area (Å²) in [4.78, 5) is 12.9. The summed E-state index contributed by atoms with van der Waals surface area (Å²) < 4.78 is 10.9. The normalized spacial score (nSPS) is 12.4. The van der Waals surface area contributed by atoms with Crippen LogP contribution >= 0.6 is 22.9 Å². The average Bonchev–Trinajstić information content (AvgIpc) is 2.99. The van der Waals surface area contributed by atoms with Gasteiger partial charge in [0.25, 0.3) is 5.91 Å². The number of methoxy groups -OCH3 is 1. The Bertz CT molecular complexity index is 567. The second-order valence-electron chi connectivity index (χ2n) is 3.87. The van der Waals surface area contributed by atoms with Crippen molar-refractivity contribution in [2.45, 2.75) is 13.0 Å². The van der Waals surface area contributed by atoms with Gasteiger partial charge >= 0.3 is 0 Å². The van der Waals surface area contributed by atoms with Crippen molar-refractivity contribution in [2.75, 3.05) is 13.7 Å². The predicted molar refractivity (Wildman–Crippen MR) is 72.7 cm³/mol. The van der Waals surface area contributed by atoms with Gasteiger partial charge in [0.05, 0.1) is 10.5 Å². The highest BCUT2D eigenvalue weighted by atomic mass is 35.5. The molecule has 0 saturated carbocycles. The van der Waals surface area contributed by atoms with Gasteiger partial charge in [0, 0.05) is 18.5 Å². The van der Waals surface area contributed by atoms with E-state index in [-0.39, 0.29) is 12.0 Å². The molecule has 102 valence electrons. The molecule has 2 aromatic rings. The van der Waals surface area contributed by atoms with Crippen molar-refractivity contribution in [3.8, 4) is 0 Å². The summed E-state index contributed by atoms with van der Waals surface area (Å²) in [6.45, 7) is 2.05. The molecule has 0 unspecified atom stereocenters. The number of hydrogen-bond donors (Lipinski definition) is 1. The third-order valence-electron chi connectivity index (χ3n) is 2.64. The topological polar surface area (TPSA) is 64.4 Å². The van der Waals surface area contributed by atoms with Crippen LogP contribution in [0.15, 0.2) is 22.9 Å². The lowest BCUT2D eigenvalue weighted by atomic mass is 10.2. The van der Waals surface area contributed by atoms with Gasteiger partial charge in [-0.05, 0) is 19.1 Å². The van der Waals surface area contributed by atoms with Gasteiger partial charge in [-0.25, -0.2) is 0 Å². The number of carbonyl (C=O) groups is 1. The maximum Gasteiger partial charge on any atom is 0.256 e. The molecule has 1 amide bonds. The lowest BCUT2D eigenvalue weighted by Gasteiger charge is -2.14. The first-order valence-electron chi connectivity index (χ1n) is 5.59. The van der Waals surface area contributed by atoms with Gasteiger partial charge in [-0.3, -0.25) is 4.79 Å². The van der Waals surface area contributed by atoms with Gasteiger partial charge in [-0.1, -0.05) is 16.8 Å². The lowest BCUT2D eigenvalue weighted by molar-refractivity contribution is 0.0836. The molecule has 0 fully saturated rings. The minimum atomic E-state index is -0.233. The van der Waals surface area contributed by atoms with E-state index in [1.54, 1.807) is 20.1 Å². The van der Waals surface area contributed by atoms with E-state index in [1.165, 1.54) is 17.5 Å². The minimum Gasteiger partial charge on any atom is -0.374 e. The Kier molecular flexibility index (Phi) is 4.57. The molecule has 2 heterocycles. The van der Waals surface area contributed by atoms with Gasteiger partial charge in [-0.2, -0.15) is 0 Å². The molecular weight excluding hydrogens is 288 g/mol. The fourth-order valence-corrected chi connectivity index (χ4v) is 2.74. The van der Waals surface area contributed by atoms with Crippen LogP contribution in [0.1, 0.15) is 27.1 Å². The number of aryl methyl sites for hydroxylation is 1. The first-order chi connectivity index (χ1) is 9.11. The number of rotatable bonds is 5. The maximum atomic E-state index is 11.9. The first kappa shape index (κ1) is 14.0. The highest BCUT2D eigenvalue weighted by Gasteiger charge is 2.17. The number of halogens is 1. The Morgan fingerprint density at radius 2 is 2.42 bits per heavy atom. The number of ether oxygens (including phenoxy) is 1. The SMILES string of the molecule is CO[C@H](CNC(=O)c1cnoc1C)c1ccc(Cl)s1. The molecule has 2 rings (SSSR count). The predicted octanol–water partition coefficient (Wildman–Crippen LogP) is 2.82. The standard InChI is InChI=1S/C12H13ClN2O3S/c1-7-8(5-15-18-7)12(16)14-6-9(17-2)10-3-4-11(13)19-10/h3-5,9H,6H2,1-2H3,(H,14,16)/t9-/m1/s1. The molecule has 0 aliphatic heterocycles. The molecule has 0 aliphatic rings. The van der Waals surface area contributed by atoms with Gasteiger partial charge in [0.2, 0.25) is 0 Å². The van der Waals surface area contributed by atoms with E-state index in [4.69, 9.17) is 20.9 Å². The number of amides is 1. The Morgan fingerprint density at radius 1 is 1.63 bits per heavy atom. The zero-order chi connectivity index (χ0) is 13.8. The van der Waals surface area contributed by atoms with Gasteiger partial charge in [0.15, 0.2) is 0 Å². The molecular formula is C12H13ClN2O3S. The Morgan fingerprint density at radius 3 is 2.95 bits per heavy atom. The largest absolute Gasteiger partial charge is 0.374 e. The molecule has 1 N–H and O–H groups in total.